The first-order valence-corrected chi connectivity index (χ1v) is 8.58. The van der Waals surface area contributed by atoms with E-state index in [0.717, 1.165) is 43.6 Å². The number of allylic oxidation sites excluding steroid dienone is 1. The van der Waals surface area contributed by atoms with E-state index in [-0.39, 0.29) is 0 Å². The Morgan fingerprint density at radius 1 is 0.889 bits per heavy atom. The van der Waals surface area contributed by atoms with E-state index in [1.165, 1.54) is 0 Å². The lowest BCUT2D eigenvalue weighted by Crippen LogP contribution is -1.91. The Morgan fingerprint density at radius 2 is 1.59 bits per heavy atom. The molecule has 126 valence electrons. The molecule has 0 saturated heterocycles. The summed E-state index contributed by atoms with van der Waals surface area (Å²) in [6.45, 7) is 5.73. The number of hydrogen-bond donors (Lipinski definition) is 0. The van der Waals surface area contributed by atoms with Crippen LogP contribution in [0.25, 0.3) is 38.4 Å². The van der Waals surface area contributed by atoms with Crippen LogP contribution in [0.5, 0.6) is 0 Å². The number of hydrogen-bond acceptors (Lipinski definition) is 3. The molecule has 0 aliphatic heterocycles. The Labute approximate surface area is 157 Å². The number of fused-ring (bicyclic) bond motifs is 5. The van der Waals surface area contributed by atoms with Crippen molar-refractivity contribution in [2.75, 3.05) is 0 Å². The first-order valence-electron chi connectivity index (χ1n) is 8.58. The average Bonchev–Trinajstić information content (AvgIpc) is 2.72. The molecule has 0 N–H and O–H groups in total. The normalized spacial score (nSPS) is 11.1. The van der Waals surface area contributed by atoms with Crippen LogP contribution in [0.2, 0.25) is 0 Å². The van der Waals surface area contributed by atoms with Crippen molar-refractivity contribution in [3.05, 3.63) is 71.3 Å². The minimum atomic E-state index is 0.366. The van der Waals surface area contributed by atoms with Gasteiger partial charge < -0.3 is 0 Å². The Balaban J connectivity index is 2.41. The van der Waals surface area contributed by atoms with Gasteiger partial charge in [-0.1, -0.05) is 48.6 Å². The highest BCUT2D eigenvalue weighted by Gasteiger charge is 2.16. The smallest absolute Gasteiger partial charge is 0.101 e. The molecule has 0 aliphatic rings. The van der Waals surface area contributed by atoms with Gasteiger partial charge in [-0.05, 0) is 52.7 Å². The summed E-state index contributed by atoms with van der Waals surface area (Å²) in [5.74, 6) is 0. The van der Waals surface area contributed by atoms with Crippen LogP contribution >= 0.6 is 0 Å². The topological polar surface area (TPSA) is 59.9 Å². The SMILES string of the molecule is C=Nc1c(/C=C\C)c2cc(C#N)c(C#N)cc2c2c1ccc1ccccc12. The summed E-state index contributed by atoms with van der Waals surface area (Å²) in [5.41, 5.74) is 2.44. The maximum atomic E-state index is 9.52. The fourth-order valence-electron chi connectivity index (χ4n) is 3.75. The van der Waals surface area contributed by atoms with E-state index >= 15 is 0 Å². The van der Waals surface area contributed by atoms with Crippen LogP contribution in [0, 0.1) is 22.7 Å². The molecule has 3 heteroatoms. The summed E-state index contributed by atoms with van der Waals surface area (Å²) in [6.07, 6.45) is 3.93. The highest BCUT2D eigenvalue weighted by molar-refractivity contribution is 6.26. The van der Waals surface area contributed by atoms with Gasteiger partial charge in [0.15, 0.2) is 0 Å². The van der Waals surface area contributed by atoms with Crippen LogP contribution in [0.4, 0.5) is 5.69 Å². The van der Waals surface area contributed by atoms with E-state index in [0.29, 0.717) is 11.1 Å². The third-order valence-electron chi connectivity index (χ3n) is 4.89. The van der Waals surface area contributed by atoms with Crippen LogP contribution in [-0.4, -0.2) is 6.72 Å². The van der Waals surface area contributed by atoms with Gasteiger partial charge in [-0.15, -0.1) is 0 Å². The molecule has 3 nitrogen and oxygen atoms in total. The van der Waals surface area contributed by atoms with Crippen molar-refractivity contribution in [2.45, 2.75) is 6.92 Å². The second-order valence-electron chi connectivity index (χ2n) is 6.30. The minimum Gasteiger partial charge on any atom is -0.263 e. The predicted molar refractivity (Wildman–Crippen MR) is 112 cm³/mol. The molecule has 4 rings (SSSR count). The second-order valence-corrected chi connectivity index (χ2v) is 6.30. The third-order valence-corrected chi connectivity index (χ3v) is 4.89. The van der Waals surface area contributed by atoms with Crippen molar-refractivity contribution in [3.63, 3.8) is 0 Å². The number of benzene rings is 4. The van der Waals surface area contributed by atoms with Gasteiger partial charge >= 0.3 is 0 Å². The van der Waals surface area contributed by atoms with Crippen LogP contribution in [0.1, 0.15) is 23.6 Å². The monoisotopic (exact) mass is 345 g/mol. The largest absolute Gasteiger partial charge is 0.263 e. The van der Waals surface area contributed by atoms with Crippen LogP contribution in [-0.2, 0) is 0 Å². The molecule has 4 aromatic rings. The zero-order valence-corrected chi connectivity index (χ0v) is 14.8. The Bertz CT molecular complexity index is 1360. The maximum Gasteiger partial charge on any atom is 0.101 e. The second kappa shape index (κ2) is 6.41. The van der Waals surface area contributed by atoms with Crippen molar-refractivity contribution in [3.8, 4) is 12.1 Å². The standard InChI is InChI=1S/C24H15N3/c1-3-6-19-21-11-16(13-25)17(14-26)12-22(21)23-18-8-5-4-7-15(18)9-10-20(23)24(19)27-2/h3-12H,2H2,1H3/b6-3-. The van der Waals surface area contributed by atoms with Crippen LogP contribution < -0.4 is 0 Å². The van der Waals surface area contributed by atoms with Crippen LogP contribution in [0.3, 0.4) is 0 Å². The molecule has 0 unspecified atom stereocenters. The molecule has 4 aromatic carbocycles. The first kappa shape index (κ1) is 16.5. The fraction of sp³-hybridized carbons (Fsp3) is 0.0417. The highest BCUT2D eigenvalue weighted by atomic mass is 14.7. The van der Waals surface area contributed by atoms with Crippen molar-refractivity contribution in [2.24, 2.45) is 4.99 Å². The summed E-state index contributed by atoms with van der Waals surface area (Å²) in [5, 5.41) is 25.1. The lowest BCUT2D eigenvalue weighted by Gasteiger charge is -2.15. The van der Waals surface area contributed by atoms with Gasteiger partial charge in [0, 0.05) is 10.9 Å². The van der Waals surface area contributed by atoms with Crippen molar-refractivity contribution in [1.29, 1.82) is 10.5 Å². The number of rotatable bonds is 2. The van der Waals surface area contributed by atoms with Gasteiger partial charge in [0.2, 0.25) is 0 Å². The van der Waals surface area contributed by atoms with Gasteiger partial charge in [-0.25, -0.2) is 0 Å². The van der Waals surface area contributed by atoms with Gasteiger partial charge in [0.05, 0.1) is 16.8 Å². The molecule has 0 spiro atoms. The minimum absolute atomic E-state index is 0.366. The van der Waals surface area contributed by atoms with E-state index in [1.54, 1.807) is 6.07 Å². The van der Waals surface area contributed by atoms with E-state index < -0.39 is 0 Å². The third kappa shape index (κ3) is 2.38. The van der Waals surface area contributed by atoms with E-state index in [4.69, 9.17) is 0 Å². The van der Waals surface area contributed by atoms with E-state index in [9.17, 15) is 10.5 Å². The molecule has 0 aliphatic carbocycles. The number of aliphatic imine (C=N–C) groups is 1. The van der Waals surface area contributed by atoms with E-state index in [2.05, 4.69) is 48.1 Å². The van der Waals surface area contributed by atoms with Crippen molar-refractivity contribution in [1.82, 2.24) is 0 Å². The van der Waals surface area contributed by atoms with Gasteiger partial charge in [-0.3, -0.25) is 4.99 Å². The molecular formula is C24H15N3. The molecule has 0 fully saturated rings. The van der Waals surface area contributed by atoms with Gasteiger partial charge in [0.1, 0.15) is 12.1 Å². The van der Waals surface area contributed by atoms with E-state index in [1.807, 2.05) is 37.3 Å². The molecule has 27 heavy (non-hydrogen) atoms. The lowest BCUT2D eigenvalue weighted by atomic mass is 9.89. The molecule has 0 aromatic heterocycles. The lowest BCUT2D eigenvalue weighted by molar-refractivity contribution is 1.44. The number of nitrogens with zero attached hydrogens (tertiary/aromatic N) is 3. The Kier molecular flexibility index (Phi) is 3.92. The van der Waals surface area contributed by atoms with Crippen LogP contribution in [0.15, 0.2) is 59.6 Å². The summed E-state index contributed by atoms with van der Waals surface area (Å²) < 4.78 is 0. The molecular weight excluding hydrogens is 330 g/mol. The molecule has 0 atom stereocenters. The van der Waals surface area contributed by atoms with Gasteiger partial charge in [-0.2, -0.15) is 10.5 Å². The number of nitriles is 2. The Morgan fingerprint density at radius 3 is 2.26 bits per heavy atom. The average molecular weight is 345 g/mol. The summed E-state index contributed by atoms with van der Waals surface area (Å²) >= 11 is 0. The van der Waals surface area contributed by atoms with Crippen molar-refractivity contribution < 1.29 is 0 Å². The Hall–Kier alpha value is -3.95. The zero-order valence-electron chi connectivity index (χ0n) is 14.8. The molecule has 0 saturated carbocycles. The fourth-order valence-corrected chi connectivity index (χ4v) is 3.75. The summed E-state index contributed by atoms with van der Waals surface area (Å²) in [6, 6.07) is 20.2. The molecule has 0 radical (unpaired) electrons. The van der Waals surface area contributed by atoms with Crippen molar-refractivity contribution >= 4 is 50.8 Å². The summed E-state index contributed by atoms with van der Waals surface area (Å²) in [4.78, 5) is 4.32. The quantitative estimate of drug-likeness (QED) is 0.318. The molecule has 0 amide bonds. The molecule has 0 heterocycles. The molecule has 0 bridgehead atoms. The maximum absolute atomic E-state index is 9.52. The predicted octanol–water partition coefficient (Wildman–Crippen LogP) is 6.25. The summed E-state index contributed by atoms with van der Waals surface area (Å²) in [7, 11) is 0. The van der Waals surface area contributed by atoms with Gasteiger partial charge in [0.25, 0.3) is 0 Å². The first-order chi connectivity index (χ1) is 13.2. The zero-order chi connectivity index (χ0) is 19.0. The highest BCUT2D eigenvalue weighted by Crippen LogP contribution is 2.42.